The molecule has 6 aliphatic rings. The molecule has 6 aromatic heterocycles. The van der Waals surface area contributed by atoms with Crippen molar-refractivity contribution < 1.29 is 0 Å². The van der Waals surface area contributed by atoms with Gasteiger partial charge in [-0.05, 0) is 379 Å². The van der Waals surface area contributed by atoms with Crippen molar-refractivity contribution in [1.82, 2.24) is 59.8 Å². The Bertz CT molecular complexity index is 6930. The Morgan fingerprint density at radius 3 is 0.471 bits per heavy atom. The van der Waals surface area contributed by atoms with Crippen LogP contribution in [0.5, 0.6) is 0 Å². The number of hydrogen-bond acceptors (Lipinski definition) is 12. The largest absolute Gasteiger partial charge is 0.255 e. The number of fused-ring (bicyclic) bond motifs is 6. The average Bonchev–Trinajstić information content (AvgIpc) is 0.775. The van der Waals surface area contributed by atoms with Gasteiger partial charge < -0.3 is 0 Å². The van der Waals surface area contributed by atoms with Crippen molar-refractivity contribution in [3.05, 3.63) is 395 Å². The van der Waals surface area contributed by atoms with E-state index in [1.165, 1.54) is 144 Å². The molecule has 666 valence electrons. The maximum Gasteiger partial charge on any atom is 0.165 e. The first-order valence-corrected chi connectivity index (χ1v) is 49.9. The number of benzene rings is 13. The molecule has 0 atom stereocenters. The Morgan fingerprint density at radius 1 is 0.123 bits per heavy atom. The van der Waals surface area contributed by atoms with E-state index in [0.29, 0.717) is 52.4 Å². The van der Waals surface area contributed by atoms with Gasteiger partial charge in [-0.15, -0.1) is 0 Å². The van der Waals surface area contributed by atoms with Gasteiger partial charge >= 0.3 is 0 Å². The van der Waals surface area contributed by atoms with Gasteiger partial charge in [-0.25, -0.2) is 44.9 Å². The lowest BCUT2D eigenvalue weighted by atomic mass is 9.86. The topological polar surface area (TPSA) is 155 Å². The summed E-state index contributed by atoms with van der Waals surface area (Å²) < 4.78 is 0. The van der Waals surface area contributed by atoms with Crippen LogP contribution in [0.2, 0.25) is 0 Å². The lowest BCUT2D eigenvalue weighted by Crippen LogP contribution is -2.05. The summed E-state index contributed by atoms with van der Waals surface area (Å²) >= 11 is 0. The lowest BCUT2D eigenvalue weighted by Gasteiger charge is -2.18. The second kappa shape index (κ2) is 36.9. The van der Waals surface area contributed by atoms with Crippen LogP contribution in [0.3, 0.4) is 0 Å². The summed E-state index contributed by atoms with van der Waals surface area (Å²) in [7, 11) is 0. The molecule has 0 fully saturated rings. The molecular weight excluding hydrogens is 1680 g/mol. The highest BCUT2D eigenvalue weighted by atomic mass is 15.1. The summed E-state index contributed by atoms with van der Waals surface area (Å²) in [5.41, 5.74) is 44.4. The molecule has 6 heterocycles. The third-order valence-corrected chi connectivity index (χ3v) is 29.7. The van der Waals surface area contributed by atoms with E-state index in [0.717, 1.165) is 228 Å². The summed E-state index contributed by atoms with van der Waals surface area (Å²) in [4.78, 5) is 62.5. The second-order valence-corrected chi connectivity index (χ2v) is 38.5. The fraction of sp³-hybridized carbons (Fsp3) is 0.190. The summed E-state index contributed by atoms with van der Waals surface area (Å²) in [5.74, 6) is 5.93. The van der Waals surface area contributed by atoms with Crippen molar-refractivity contribution in [2.75, 3.05) is 0 Å². The molecule has 0 amide bonds. The van der Waals surface area contributed by atoms with E-state index in [-0.39, 0.29) is 0 Å². The van der Waals surface area contributed by atoms with E-state index < -0.39 is 0 Å². The van der Waals surface area contributed by atoms with Gasteiger partial charge in [0.25, 0.3) is 0 Å². The van der Waals surface area contributed by atoms with E-state index in [4.69, 9.17) is 59.8 Å². The predicted octanol–water partition coefficient (Wildman–Crippen LogP) is 29.7. The first-order chi connectivity index (χ1) is 68.2. The monoisotopic (exact) mass is 1780 g/mol. The van der Waals surface area contributed by atoms with Gasteiger partial charge in [-0.1, -0.05) is 218 Å². The fourth-order valence-electron chi connectivity index (χ4n) is 22.1. The van der Waals surface area contributed by atoms with Crippen LogP contribution in [0.25, 0.3) is 203 Å². The summed E-state index contributed by atoms with van der Waals surface area (Å²) in [6.07, 6.45) is 33.5. The molecule has 0 bridgehead atoms. The molecule has 0 aliphatic heterocycles. The third-order valence-electron chi connectivity index (χ3n) is 29.7. The predicted molar refractivity (Wildman–Crippen MR) is 558 cm³/mol. The van der Waals surface area contributed by atoms with Crippen LogP contribution >= 0.6 is 0 Å². The summed E-state index contributed by atoms with van der Waals surface area (Å²) in [6.45, 7) is 0. The van der Waals surface area contributed by atoms with Gasteiger partial charge in [0, 0.05) is 85.4 Å². The normalized spacial score (nSPS) is 14.3. The molecule has 25 rings (SSSR count). The molecule has 0 radical (unpaired) electrons. The van der Waals surface area contributed by atoms with Crippen LogP contribution in [0.4, 0.5) is 0 Å². The van der Waals surface area contributed by atoms with Gasteiger partial charge in [0.05, 0.1) is 17.1 Å². The number of pyridine rings is 3. The maximum absolute atomic E-state index is 5.22. The zero-order valence-corrected chi connectivity index (χ0v) is 77.5. The fourth-order valence-corrected chi connectivity index (χ4v) is 22.1. The first-order valence-electron chi connectivity index (χ1n) is 49.9. The molecular formula is C126H102N12. The lowest BCUT2D eigenvalue weighted by molar-refractivity contribution is 0.685. The number of rotatable bonds is 18. The minimum atomic E-state index is 0.609. The molecule has 138 heavy (non-hydrogen) atoms. The van der Waals surface area contributed by atoms with Gasteiger partial charge in [0.1, 0.15) is 0 Å². The standard InChI is InChI=1S/C126H102N12/c1-7-25-91-67-97(55-37-79(91)19-1)118-130-119(98-56-38-80-20-2-8-26-92(80)68-98)134-124(133-118)103-61-64-115(127-76-103)88-49-43-85(44-50-88)109-31-13-16-34-112(109)106-73-107(113-35-17-14-32-110(113)86-45-51-89(52-46-86)116-65-62-104(77-128-116)125-135-120(99-57-39-81-21-3-9-27-93(81)69-99)131-121(136-125)100-58-40-82-22-4-10-28-94(82)70-100)75-108(74-106)114-36-18-15-33-111(114)87-47-53-90(54-48-87)117-66-63-105(78-129-117)126-137-122(101-59-41-83-23-5-11-29-95(83)71-101)132-123(138-126)102-60-42-84-24-6-12-30-96(84)72-102/h13-18,31-78H,1-12,19-30H2. The van der Waals surface area contributed by atoms with Crippen LogP contribution in [0.15, 0.2) is 328 Å². The van der Waals surface area contributed by atoms with E-state index >= 15 is 0 Å². The Morgan fingerprint density at radius 2 is 0.283 bits per heavy atom. The van der Waals surface area contributed by atoms with Crippen molar-refractivity contribution in [1.29, 1.82) is 0 Å². The van der Waals surface area contributed by atoms with Crippen LogP contribution in [-0.4, -0.2) is 59.8 Å². The zero-order valence-electron chi connectivity index (χ0n) is 77.5. The highest BCUT2D eigenvalue weighted by molar-refractivity contribution is 5.95. The first kappa shape index (κ1) is 84.1. The van der Waals surface area contributed by atoms with Crippen molar-refractivity contribution >= 4 is 0 Å². The minimum absolute atomic E-state index is 0.609. The van der Waals surface area contributed by atoms with Crippen molar-refractivity contribution in [3.63, 3.8) is 0 Å². The maximum atomic E-state index is 5.22. The van der Waals surface area contributed by atoms with Gasteiger partial charge in [0.15, 0.2) is 52.4 Å². The minimum Gasteiger partial charge on any atom is -0.255 e. The number of aromatic nitrogens is 12. The van der Waals surface area contributed by atoms with Crippen LogP contribution in [0.1, 0.15) is 144 Å². The molecule has 0 spiro atoms. The van der Waals surface area contributed by atoms with Crippen LogP contribution < -0.4 is 0 Å². The second-order valence-electron chi connectivity index (χ2n) is 38.5. The Kier molecular flexibility index (Phi) is 22.5. The van der Waals surface area contributed by atoms with E-state index in [2.05, 4.69) is 309 Å². The summed E-state index contributed by atoms with van der Waals surface area (Å²) in [5, 5.41) is 0. The van der Waals surface area contributed by atoms with Crippen LogP contribution in [-0.2, 0) is 77.0 Å². The molecule has 0 N–H and O–H groups in total. The molecule has 0 saturated heterocycles. The number of nitrogens with zero attached hydrogens (tertiary/aromatic N) is 12. The molecule has 12 nitrogen and oxygen atoms in total. The van der Waals surface area contributed by atoms with Crippen LogP contribution in [0, 0.1) is 0 Å². The smallest absolute Gasteiger partial charge is 0.165 e. The highest BCUT2D eigenvalue weighted by Crippen LogP contribution is 2.46. The number of aryl methyl sites for hydroxylation is 12. The quantitative estimate of drug-likeness (QED) is 0.0803. The average molecular weight is 1780 g/mol. The van der Waals surface area contributed by atoms with Crippen molar-refractivity contribution in [3.8, 4) is 203 Å². The zero-order chi connectivity index (χ0) is 91.4. The van der Waals surface area contributed by atoms with Crippen molar-refractivity contribution in [2.45, 2.75) is 154 Å². The molecule has 0 saturated carbocycles. The highest BCUT2D eigenvalue weighted by Gasteiger charge is 2.26. The molecule has 6 aliphatic carbocycles. The molecule has 0 unspecified atom stereocenters. The van der Waals surface area contributed by atoms with E-state index in [1.807, 2.05) is 18.6 Å². The molecule has 19 aromatic rings. The SMILES string of the molecule is c1ccc(-c2cc(-c3ccccc3-c3ccc(-c4ccc(-c5nc(-c6ccc7c(c6)CCCC7)nc(-c6ccc7c(c6)CCCC7)n5)cn4)cc3)cc(-c3ccccc3-c3ccc(-c4ccc(-c5nc(-c6ccc7c(c6)CCCC7)nc(-c6ccc7c(c6)CCCC7)n5)cn4)cc3)c2)c(-c2ccc(-c3ccc(-c4nc(-c5ccc6c(c5)CCCC6)nc(-c5ccc6c(c5)CCCC6)n4)cn3)cc2)c1. The molecule has 12 heteroatoms. The van der Waals surface area contributed by atoms with Gasteiger partial charge in [0.2, 0.25) is 0 Å². The van der Waals surface area contributed by atoms with E-state index in [1.54, 1.807) is 0 Å². The Hall–Kier alpha value is -15.7. The number of hydrogen-bond donors (Lipinski definition) is 0. The Labute approximate surface area is 806 Å². The molecule has 13 aromatic carbocycles. The van der Waals surface area contributed by atoms with Gasteiger partial charge in [-0.2, -0.15) is 0 Å². The van der Waals surface area contributed by atoms with Gasteiger partial charge in [-0.3, -0.25) is 15.0 Å². The summed E-state index contributed by atoms with van der Waals surface area (Å²) in [6, 6.07) is 114. The Balaban J connectivity index is 0.542. The van der Waals surface area contributed by atoms with Crippen molar-refractivity contribution in [2.24, 2.45) is 0 Å². The van der Waals surface area contributed by atoms with E-state index in [9.17, 15) is 0 Å². The third kappa shape index (κ3) is 17.0.